The van der Waals surface area contributed by atoms with Crippen LogP contribution in [0.4, 0.5) is 0 Å². The maximum atomic E-state index is 12.3. The minimum absolute atomic E-state index is 0.131. The van der Waals surface area contributed by atoms with E-state index in [9.17, 15) is 8.42 Å². The van der Waals surface area contributed by atoms with Crippen molar-refractivity contribution in [3.8, 4) is 0 Å². The predicted octanol–water partition coefficient (Wildman–Crippen LogP) is 0.923. The molecule has 1 heterocycles. The minimum atomic E-state index is -3.02. The molecule has 1 aliphatic heterocycles. The Bertz CT molecular complexity index is 395. The highest BCUT2D eigenvalue weighted by Gasteiger charge is 2.49. The van der Waals surface area contributed by atoms with E-state index in [1.54, 1.807) is 18.7 Å². The summed E-state index contributed by atoms with van der Waals surface area (Å²) in [4.78, 5) is 2.19. The molecule has 0 spiro atoms. The summed E-state index contributed by atoms with van der Waals surface area (Å²) in [7, 11) is -3.02. The molecule has 1 aliphatic carbocycles. The zero-order chi connectivity index (χ0) is 13.4. The molecule has 106 valence electrons. The molecule has 0 radical (unpaired) electrons. The van der Waals surface area contributed by atoms with Crippen molar-refractivity contribution in [1.82, 2.24) is 4.90 Å². The van der Waals surface area contributed by atoms with Gasteiger partial charge in [-0.25, -0.2) is 8.42 Å². The van der Waals surface area contributed by atoms with Crippen LogP contribution >= 0.6 is 11.8 Å². The molecule has 2 N–H and O–H groups in total. The van der Waals surface area contributed by atoms with Crippen molar-refractivity contribution in [1.29, 1.82) is 0 Å². The number of hydrogen-bond acceptors (Lipinski definition) is 5. The van der Waals surface area contributed by atoms with E-state index in [0.29, 0.717) is 18.2 Å². The third-order valence-corrected chi connectivity index (χ3v) is 7.72. The van der Waals surface area contributed by atoms with Crippen molar-refractivity contribution in [2.24, 2.45) is 11.7 Å². The van der Waals surface area contributed by atoms with Gasteiger partial charge in [-0.3, -0.25) is 4.90 Å². The topological polar surface area (TPSA) is 63.4 Å². The highest BCUT2D eigenvalue weighted by atomic mass is 32.2. The first-order chi connectivity index (χ1) is 8.45. The van der Waals surface area contributed by atoms with Crippen molar-refractivity contribution in [3.05, 3.63) is 0 Å². The Balaban J connectivity index is 2.27. The van der Waals surface area contributed by atoms with Crippen LogP contribution in [0.5, 0.6) is 0 Å². The van der Waals surface area contributed by atoms with E-state index < -0.39 is 9.84 Å². The van der Waals surface area contributed by atoms with Crippen molar-refractivity contribution in [3.63, 3.8) is 0 Å². The van der Waals surface area contributed by atoms with Gasteiger partial charge in [-0.15, -0.1) is 0 Å². The van der Waals surface area contributed by atoms with E-state index >= 15 is 0 Å². The predicted molar refractivity (Wildman–Crippen MR) is 77.5 cm³/mol. The normalized spacial score (nSPS) is 30.1. The minimum Gasteiger partial charge on any atom is -0.329 e. The van der Waals surface area contributed by atoms with Crippen LogP contribution in [0, 0.1) is 5.92 Å². The summed E-state index contributed by atoms with van der Waals surface area (Å²) in [5, 5.41) is -0.338. The molecule has 2 aliphatic rings. The van der Waals surface area contributed by atoms with Gasteiger partial charge in [-0.2, -0.15) is 11.8 Å². The zero-order valence-corrected chi connectivity index (χ0v) is 12.9. The smallest absolute Gasteiger partial charge is 0.166 e. The molecule has 1 saturated carbocycles. The zero-order valence-electron chi connectivity index (χ0n) is 11.3. The SMILES string of the molecule is CCS(=O)(=O)C1CSCCN1C(C)(CN)C1CC1. The summed E-state index contributed by atoms with van der Waals surface area (Å²) in [6.07, 6.45) is 2.38. The second-order valence-corrected chi connectivity index (χ2v) is 9.11. The lowest BCUT2D eigenvalue weighted by atomic mass is 9.93. The van der Waals surface area contributed by atoms with Gasteiger partial charge in [0, 0.05) is 35.9 Å². The number of thioether (sulfide) groups is 1. The largest absolute Gasteiger partial charge is 0.329 e. The van der Waals surface area contributed by atoms with Crippen LogP contribution in [0.2, 0.25) is 0 Å². The summed E-state index contributed by atoms with van der Waals surface area (Å²) < 4.78 is 24.5. The van der Waals surface area contributed by atoms with Gasteiger partial charge < -0.3 is 5.73 Å². The highest BCUT2D eigenvalue weighted by Crippen LogP contribution is 2.44. The van der Waals surface area contributed by atoms with E-state index in [0.717, 1.165) is 12.3 Å². The van der Waals surface area contributed by atoms with Crippen LogP contribution < -0.4 is 5.73 Å². The Hall–Kier alpha value is 0.220. The lowest BCUT2D eigenvalue weighted by Crippen LogP contribution is -2.62. The molecular formula is C12H24N2O2S2. The lowest BCUT2D eigenvalue weighted by molar-refractivity contribution is 0.0848. The molecule has 0 aromatic heterocycles. The molecule has 18 heavy (non-hydrogen) atoms. The Morgan fingerprint density at radius 3 is 2.61 bits per heavy atom. The number of sulfone groups is 1. The Kier molecular flexibility index (Phi) is 4.31. The van der Waals surface area contributed by atoms with Crippen molar-refractivity contribution in [2.45, 2.75) is 37.6 Å². The fourth-order valence-electron chi connectivity index (χ4n) is 2.88. The molecular weight excluding hydrogens is 268 g/mol. The maximum Gasteiger partial charge on any atom is 0.166 e. The van der Waals surface area contributed by atoms with Gasteiger partial charge in [0.05, 0.1) is 0 Å². The second-order valence-electron chi connectivity index (χ2n) is 5.51. The van der Waals surface area contributed by atoms with E-state index in [4.69, 9.17) is 5.73 Å². The molecule has 2 atom stereocenters. The lowest BCUT2D eigenvalue weighted by Gasteiger charge is -2.47. The van der Waals surface area contributed by atoms with Gasteiger partial charge in [0.2, 0.25) is 0 Å². The monoisotopic (exact) mass is 292 g/mol. The summed E-state index contributed by atoms with van der Waals surface area (Å²) >= 11 is 1.75. The summed E-state index contributed by atoms with van der Waals surface area (Å²) in [5.74, 6) is 2.51. The van der Waals surface area contributed by atoms with E-state index in [2.05, 4.69) is 11.8 Å². The summed E-state index contributed by atoms with van der Waals surface area (Å²) in [6.45, 7) is 5.29. The van der Waals surface area contributed by atoms with Crippen LogP contribution in [0.15, 0.2) is 0 Å². The van der Waals surface area contributed by atoms with Crippen LogP contribution in [-0.2, 0) is 9.84 Å². The third-order valence-electron chi connectivity index (χ3n) is 4.43. The average molecular weight is 292 g/mol. The highest BCUT2D eigenvalue weighted by molar-refractivity contribution is 8.01. The van der Waals surface area contributed by atoms with Gasteiger partial charge in [0.25, 0.3) is 0 Å². The standard InChI is InChI=1S/C12H24N2O2S2/c1-3-18(15,16)11-8-17-7-6-14(11)12(2,9-13)10-4-5-10/h10-11H,3-9,13H2,1-2H3. The fraction of sp³-hybridized carbons (Fsp3) is 1.00. The first-order valence-corrected chi connectivity index (χ1v) is 9.59. The van der Waals surface area contributed by atoms with Crippen LogP contribution in [0.3, 0.4) is 0 Å². The Morgan fingerprint density at radius 1 is 1.44 bits per heavy atom. The first-order valence-electron chi connectivity index (χ1n) is 6.72. The van der Waals surface area contributed by atoms with Gasteiger partial charge in [0.15, 0.2) is 9.84 Å². The quantitative estimate of drug-likeness (QED) is 0.816. The molecule has 6 heteroatoms. The number of nitrogens with two attached hydrogens (primary N) is 1. The average Bonchev–Trinajstić information content (AvgIpc) is 3.22. The Labute approximate surface area is 115 Å². The van der Waals surface area contributed by atoms with Crippen LogP contribution in [-0.4, -0.2) is 54.6 Å². The molecule has 0 amide bonds. The van der Waals surface area contributed by atoms with Crippen LogP contribution in [0.25, 0.3) is 0 Å². The molecule has 2 fully saturated rings. The summed E-state index contributed by atoms with van der Waals surface area (Å²) in [5.41, 5.74) is 5.85. The van der Waals surface area contributed by atoms with E-state index in [-0.39, 0.29) is 16.7 Å². The fourth-order valence-corrected chi connectivity index (χ4v) is 5.99. The molecule has 1 saturated heterocycles. The van der Waals surface area contributed by atoms with Gasteiger partial charge in [-0.05, 0) is 25.7 Å². The molecule has 0 aromatic rings. The second kappa shape index (κ2) is 5.31. The van der Waals surface area contributed by atoms with Crippen molar-refractivity contribution >= 4 is 21.6 Å². The van der Waals surface area contributed by atoms with E-state index in [1.165, 1.54) is 12.8 Å². The van der Waals surface area contributed by atoms with Gasteiger partial charge in [-0.1, -0.05) is 6.92 Å². The molecule has 2 rings (SSSR count). The first kappa shape index (κ1) is 14.6. The molecule has 0 aromatic carbocycles. The maximum absolute atomic E-state index is 12.3. The number of nitrogens with zero attached hydrogens (tertiary/aromatic N) is 1. The molecule has 0 bridgehead atoms. The third kappa shape index (κ3) is 2.57. The number of rotatable bonds is 5. The summed E-state index contributed by atoms with van der Waals surface area (Å²) in [6, 6.07) is 0. The van der Waals surface area contributed by atoms with Crippen LogP contribution in [0.1, 0.15) is 26.7 Å². The van der Waals surface area contributed by atoms with Crippen molar-refractivity contribution < 1.29 is 8.42 Å². The Morgan fingerprint density at radius 2 is 2.11 bits per heavy atom. The molecule has 2 unspecified atom stereocenters. The molecule has 4 nitrogen and oxygen atoms in total. The van der Waals surface area contributed by atoms with Crippen molar-refractivity contribution in [2.75, 3.05) is 30.3 Å². The number of hydrogen-bond donors (Lipinski definition) is 1. The van der Waals surface area contributed by atoms with Gasteiger partial charge >= 0.3 is 0 Å². The van der Waals surface area contributed by atoms with E-state index in [1.807, 2.05) is 0 Å². The van der Waals surface area contributed by atoms with Gasteiger partial charge in [0.1, 0.15) is 5.37 Å².